The summed E-state index contributed by atoms with van der Waals surface area (Å²) >= 11 is 6.52. The fourth-order valence-electron chi connectivity index (χ4n) is 4.01. The third-order valence-corrected chi connectivity index (χ3v) is 6.12. The van der Waals surface area contributed by atoms with Crippen LogP contribution in [-0.2, 0) is 22.7 Å². The lowest BCUT2D eigenvalue weighted by Gasteiger charge is -2.25. The van der Waals surface area contributed by atoms with Gasteiger partial charge in [-0.05, 0) is 58.3 Å². The van der Waals surface area contributed by atoms with Gasteiger partial charge in [-0.3, -0.25) is 19.8 Å². The number of hydrogen-bond acceptors (Lipinski definition) is 6. The normalized spacial score (nSPS) is 14.8. The molecule has 0 saturated carbocycles. The van der Waals surface area contributed by atoms with Crippen molar-refractivity contribution < 1.29 is 28.3 Å². The number of barbiturate groups is 1. The fourth-order valence-corrected chi connectivity index (χ4v) is 4.28. The Morgan fingerprint density at radius 2 is 1.81 bits per heavy atom. The summed E-state index contributed by atoms with van der Waals surface area (Å²) in [5.41, 5.74) is 1.15. The number of methoxy groups -OCH3 is 1. The molecule has 3 aromatic carbocycles. The van der Waals surface area contributed by atoms with Crippen molar-refractivity contribution in [2.75, 3.05) is 7.11 Å². The Kier molecular flexibility index (Phi) is 6.66. The van der Waals surface area contributed by atoms with Crippen molar-refractivity contribution >= 4 is 46.3 Å². The van der Waals surface area contributed by atoms with Gasteiger partial charge in [0.15, 0.2) is 11.5 Å². The van der Waals surface area contributed by atoms with Gasteiger partial charge in [-0.1, -0.05) is 48.0 Å². The van der Waals surface area contributed by atoms with Crippen molar-refractivity contribution in [3.8, 4) is 11.5 Å². The highest BCUT2D eigenvalue weighted by Crippen LogP contribution is 2.38. The van der Waals surface area contributed by atoms with Gasteiger partial charge in [0.05, 0.1) is 24.9 Å². The number of fused-ring (bicyclic) bond motifs is 1. The van der Waals surface area contributed by atoms with Crippen molar-refractivity contribution in [2.24, 2.45) is 0 Å². The van der Waals surface area contributed by atoms with E-state index in [2.05, 4.69) is 5.32 Å². The lowest BCUT2D eigenvalue weighted by Crippen LogP contribution is -2.53. The maximum atomic E-state index is 13.0. The van der Waals surface area contributed by atoms with Crippen molar-refractivity contribution in [3.63, 3.8) is 0 Å². The molecule has 0 unspecified atom stereocenters. The van der Waals surface area contributed by atoms with Crippen molar-refractivity contribution in [1.29, 1.82) is 0 Å². The molecule has 0 atom stereocenters. The molecule has 4 aromatic rings. The summed E-state index contributed by atoms with van der Waals surface area (Å²) < 4.78 is 16.7. The molecule has 1 fully saturated rings. The molecule has 37 heavy (non-hydrogen) atoms. The first-order valence-electron chi connectivity index (χ1n) is 11.3. The monoisotopic (exact) mass is 516 g/mol. The lowest BCUT2D eigenvalue weighted by atomic mass is 10.1. The number of nitrogens with zero attached hydrogens (tertiary/aromatic N) is 1. The van der Waals surface area contributed by atoms with Crippen LogP contribution in [-0.4, -0.2) is 29.9 Å². The molecular weight excluding hydrogens is 496 g/mol. The van der Waals surface area contributed by atoms with Gasteiger partial charge >= 0.3 is 6.03 Å². The highest BCUT2D eigenvalue weighted by molar-refractivity contribution is 6.33. The van der Waals surface area contributed by atoms with E-state index >= 15 is 0 Å². The van der Waals surface area contributed by atoms with E-state index in [0.29, 0.717) is 22.8 Å². The number of rotatable bonds is 7. The van der Waals surface area contributed by atoms with Crippen LogP contribution in [0.5, 0.6) is 11.5 Å². The number of ether oxygens (including phenoxy) is 2. The van der Waals surface area contributed by atoms with Gasteiger partial charge in [-0.25, -0.2) is 4.79 Å². The number of urea groups is 1. The third-order valence-electron chi connectivity index (χ3n) is 5.84. The van der Waals surface area contributed by atoms with Crippen molar-refractivity contribution in [3.05, 3.63) is 100 Å². The first kappa shape index (κ1) is 24.1. The van der Waals surface area contributed by atoms with E-state index in [4.69, 9.17) is 25.5 Å². The summed E-state index contributed by atoms with van der Waals surface area (Å²) in [6.07, 6.45) is 2.78. The largest absolute Gasteiger partial charge is 0.493 e. The van der Waals surface area contributed by atoms with Gasteiger partial charge in [0.2, 0.25) is 0 Å². The Balaban J connectivity index is 1.39. The number of carbonyl (C=O) groups excluding carboxylic acids is 3. The van der Waals surface area contributed by atoms with Gasteiger partial charge in [-0.2, -0.15) is 0 Å². The standard InChI is InChI=1S/C28H21ClN2O6/c1-35-24-14-18(12-22-26(32)30-28(34)31(27(22)33)15-21-7-4-10-36-21)13-23(29)25(24)37-16-17-8-9-19-5-2-3-6-20(19)11-17/h2-14H,15-16H2,1H3,(H,30,32,34)/b22-12+. The third kappa shape index (κ3) is 5.05. The summed E-state index contributed by atoms with van der Waals surface area (Å²) in [7, 11) is 1.47. The van der Waals surface area contributed by atoms with Crippen LogP contribution >= 0.6 is 11.6 Å². The van der Waals surface area contributed by atoms with Crippen molar-refractivity contribution in [2.45, 2.75) is 13.2 Å². The van der Waals surface area contributed by atoms with E-state index in [1.54, 1.807) is 24.3 Å². The summed E-state index contributed by atoms with van der Waals surface area (Å²) in [6.45, 7) is 0.139. The number of benzene rings is 3. The number of hydrogen-bond donors (Lipinski definition) is 1. The van der Waals surface area contributed by atoms with E-state index in [1.165, 1.54) is 19.4 Å². The molecule has 1 saturated heterocycles. The van der Waals surface area contributed by atoms with Crippen LogP contribution < -0.4 is 14.8 Å². The molecule has 1 N–H and O–H groups in total. The molecular formula is C28H21ClN2O6. The zero-order valence-electron chi connectivity index (χ0n) is 19.7. The van der Waals surface area contributed by atoms with Crippen LogP contribution in [0.15, 0.2) is 83.0 Å². The number of amides is 4. The number of nitrogens with one attached hydrogen (secondary N) is 1. The van der Waals surface area contributed by atoms with Gasteiger partial charge in [-0.15, -0.1) is 0 Å². The quantitative estimate of drug-likeness (QED) is 0.263. The SMILES string of the molecule is COc1cc(/C=C2\C(=O)NC(=O)N(Cc3ccco3)C2=O)cc(Cl)c1OCc1ccc2ccccc2c1. The van der Waals surface area contributed by atoms with Crippen LogP contribution in [0.3, 0.4) is 0 Å². The van der Waals surface area contributed by atoms with E-state index in [1.807, 2.05) is 42.5 Å². The van der Waals surface area contributed by atoms with Crippen LogP contribution in [0.4, 0.5) is 4.79 Å². The van der Waals surface area contributed by atoms with Crippen LogP contribution in [0.1, 0.15) is 16.9 Å². The summed E-state index contributed by atoms with van der Waals surface area (Å²) in [6, 6.07) is 19.7. The summed E-state index contributed by atoms with van der Waals surface area (Å²) in [5.74, 6) is -0.509. The maximum absolute atomic E-state index is 13.0. The van der Waals surface area contributed by atoms with Gasteiger partial charge in [0, 0.05) is 0 Å². The maximum Gasteiger partial charge on any atom is 0.331 e. The first-order valence-corrected chi connectivity index (χ1v) is 11.7. The highest BCUT2D eigenvalue weighted by atomic mass is 35.5. The average molecular weight is 517 g/mol. The summed E-state index contributed by atoms with van der Waals surface area (Å²) in [4.78, 5) is 38.6. The minimum atomic E-state index is -0.823. The number of halogens is 1. The van der Waals surface area contributed by atoms with Gasteiger partial charge in [0.25, 0.3) is 11.8 Å². The molecule has 1 aliphatic heterocycles. The van der Waals surface area contributed by atoms with Crippen LogP contribution in [0.2, 0.25) is 5.02 Å². The van der Waals surface area contributed by atoms with E-state index < -0.39 is 17.8 Å². The summed E-state index contributed by atoms with van der Waals surface area (Å²) in [5, 5.41) is 4.64. The minimum Gasteiger partial charge on any atom is -0.493 e. The molecule has 0 spiro atoms. The Bertz CT molecular complexity index is 1540. The predicted octanol–water partition coefficient (Wildman–Crippen LogP) is 5.34. The van der Waals surface area contributed by atoms with Gasteiger partial charge < -0.3 is 13.9 Å². The lowest BCUT2D eigenvalue weighted by molar-refractivity contribution is -0.130. The zero-order chi connectivity index (χ0) is 25.9. The second-order valence-corrected chi connectivity index (χ2v) is 8.70. The second-order valence-electron chi connectivity index (χ2n) is 8.29. The number of carbonyl (C=O) groups is 3. The smallest absolute Gasteiger partial charge is 0.331 e. The number of imide groups is 2. The Morgan fingerprint density at radius 1 is 1.00 bits per heavy atom. The molecule has 0 bridgehead atoms. The Morgan fingerprint density at radius 3 is 2.57 bits per heavy atom. The topological polar surface area (TPSA) is 98.1 Å². The molecule has 4 amide bonds. The highest BCUT2D eigenvalue weighted by Gasteiger charge is 2.36. The molecule has 5 rings (SSSR count). The Labute approximate surface area is 217 Å². The van der Waals surface area contributed by atoms with Gasteiger partial charge in [0.1, 0.15) is 17.9 Å². The van der Waals surface area contributed by atoms with E-state index in [-0.39, 0.29) is 23.7 Å². The molecule has 186 valence electrons. The second kappa shape index (κ2) is 10.2. The zero-order valence-corrected chi connectivity index (χ0v) is 20.5. The fraction of sp³-hybridized carbons (Fsp3) is 0.107. The number of furan rings is 1. The molecule has 8 nitrogen and oxygen atoms in total. The van der Waals surface area contributed by atoms with Crippen molar-refractivity contribution in [1.82, 2.24) is 10.2 Å². The van der Waals surface area contributed by atoms with E-state index in [0.717, 1.165) is 21.2 Å². The van der Waals surface area contributed by atoms with Crippen LogP contribution in [0.25, 0.3) is 16.8 Å². The minimum absolute atomic E-state index is 0.117. The molecule has 9 heteroatoms. The predicted molar refractivity (Wildman–Crippen MR) is 137 cm³/mol. The molecule has 1 aromatic heterocycles. The molecule has 2 heterocycles. The van der Waals surface area contributed by atoms with E-state index in [9.17, 15) is 14.4 Å². The average Bonchev–Trinajstić information content (AvgIpc) is 3.41. The first-order chi connectivity index (χ1) is 17.9. The molecule has 0 radical (unpaired) electrons. The van der Waals surface area contributed by atoms with Crippen LogP contribution in [0, 0.1) is 0 Å². The Hall–Kier alpha value is -4.56. The molecule has 1 aliphatic rings. The molecule has 0 aliphatic carbocycles.